The Morgan fingerprint density at radius 2 is 2.22 bits per heavy atom. The van der Waals surface area contributed by atoms with Crippen LogP contribution in [-0.2, 0) is 4.79 Å². The lowest BCUT2D eigenvalue weighted by molar-refractivity contribution is -0.117. The van der Waals surface area contributed by atoms with Crippen molar-refractivity contribution >= 4 is 17.6 Å². The zero-order valence-electron chi connectivity index (χ0n) is 13.7. The first-order valence-corrected chi connectivity index (χ1v) is 8.16. The van der Waals surface area contributed by atoms with Crippen LogP contribution in [0.4, 0.5) is 14.9 Å². The molecule has 0 aliphatic carbocycles. The van der Waals surface area contributed by atoms with Gasteiger partial charge in [-0.1, -0.05) is 19.4 Å². The number of benzene rings is 1. The Labute approximate surface area is 136 Å². The molecular weight excluding hydrogens is 297 g/mol. The molecule has 1 unspecified atom stereocenters. The molecule has 5 nitrogen and oxygen atoms in total. The van der Waals surface area contributed by atoms with Crippen molar-refractivity contribution < 1.29 is 14.0 Å². The molecular formula is C17H24FN3O2. The summed E-state index contributed by atoms with van der Waals surface area (Å²) in [4.78, 5) is 27.7. The van der Waals surface area contributed by atoms with E-state index in [9.17, 15) is 14.0 Å². The van der Waals surface area contributed by atoms with E-state index < -0.39 is 0 Å². The van der Waals surface area contributed by atoms with Crippen LogP contribution in [0.3, 0.4) is 0 Å². The molecule has 3 amide bonds. The van der Waals surface area contributed by atoms with E-state index >= 15 is 0 Å². The number of carbonyl (C=O) groups excluding carboxylic acids is 2. The number of nitrogens with one attached hydrogen (secondary N) is 1. The van der Waals surface area contributed by atoms with E-state index in [1.807, 2.05) is 6.92 Å². The molecule has 6 heteroatoms. The van der Waals surface area contributed by atoms with Gasteiger partial charge >= 0.3 is 6.03 Å². The fraction of sp³-hybridized carbons (Fsp3) is 0.529. The molecule has 1 N–H and O–H groups in total. The largest absolute Gasteiger partial charge is 0.333 e. The van der Waals surface area contributed by atoms with E-state index in [-0.39, 0.29) is 30.2 Å². The zero-order chi connectivity index (χ0) is 16.8. The average molecular weight is 321 g/mol. The second-order valence-electron chi connectivity index (χ2n) is 5.77. The second kappa shape index (κ2) is 7.94. The van der Waals surface area contributed by atoms with Crippen molar-refractivity contribution in [3.05, 3.63) is 30.1 Å². The molecule has 0 saturated carbocycles. The van der Waals surface area contributed by atoms with Gasteiger partial charge in [0.05, 0.1) is 6.04 Å². The number of urea groups is 1. The van der Waals surface area contributed by atoms with Crippen molar-refractivity contribution in [2.45, 2.75) is 39.2 Å². The predicted octanol–water partition coefficient (Wildman–Crippen LogP) is 2.76. The Kier molecular flexibility index (Phi) is 5.96. The molecule has 2 rings (SSSR count). The first kappa shape index (κ1) is 17.2. The maximum atomic E-state index is 13.3. The molecule has 126 valence electrons. The molecule has 0 radical (unpaired) electrons. The summed E-state index contributed by atoms with van der Waals surface area (Å²) in [5.74, 6) is -0.475. The van der Waals surface area contributed by atoms with Gasteiger partial charge in [0.2, 0.25) is 5.91 Å². The Hall–Kier alpha value is -2.11. The summed E-state index contributed by atoms with van der Waals surface area (Å²) in [7, 11) is 0. The van der Waals surface area contributed by atoms with E-state index in [0.29, 0.717) is 25.3 Å². The molecule has 1 saturated heterocycles. The molecule has 1 fully saturated rings. The molecule has 0 bridgehead atoms. The molecule has 1 aromatic carbocycles. The summed E-state index contributed by atoms with van der Waals surface area (Å²) in [6, 6.07) is 5.57. The average Bonchev–Trinajstić information content (AvgIpc) is 2.88. The quantitative estimate of drug-likeness (QED) is 0.876. The van der Waals surface area contributed by atoms with Gasteiger partial charge in [-0.2, -0.15) is 0 Å². The van der Waals surface area contributed by atoms with Crippen LogP contribution in [0.1, 0.15) is 33.1 Å². The zero-order valence-corrected chi connectivity index (χ0v) is 13.7. The molecule has 1 heterocycles. The highest BCUT2D eigenvalue weighted by Gasteiger charge is 2.32. The highest BCUT2D eigenvalue weighted by molar-refractivity contribution is 5.96. The van der Waals surface area contributed by atoms with Gasteiger partial charge in [0.1, 0.15) is 5.82 Å². The molecule has 0 aromatic heterocycles. The topological polar surface area (TPSA) is 52.7 Å². The number of rotatable bonds is 6. The van der Waals surface area contributed by atoms with Crippen LogP contribution in [0.15, 0.2) is 24.3 Å². The fourth-order valence-corrected chi connectivity index (χ4v) is 2.72. The number of halogens is 1. The van der Waals surface area contributed by atoms with Crippen molar-refractivity contribution in [2.75, 3.05) is 24.5 Å². The summed E-state index contributed by atoms with van der Waals surface area (Å²) in [6.45, 7) is 5.75. The Balaban J connectivity index is 1.95. The normalized spacial score (nSPS) is 17.4. The van der Waals surface area contributed by atoms with Gasteiger partial charge < -0.3 is 15.1 Å². The van der Waals surface area contributed by atoms with Gasteiger partial charge in [0, 0.05) is 31.7 Å². The van der Waals surface area contributed by atoms with E-state index in [4.69, 9.17) is 0 Å². The third-order valence-corrected chi connectivity index (χ3v) is 4.02. The van der Waals surface area contributed by atoms with Crippen LogP contribution in [0.5, 0.6) is 0 Å². The van der Waals surface area contributed by atoms with Crippen molar-refractivity contribution in [2.24, 2.45) is 0 Å². The van der Waals surface area contributed by atoms with E-state index in [1.165, 1.54) is 17.0 Å². The first-order chi connectivity index (χ1) is 11.0. The minimum absolute atomic E-state index is 0.0995. The lowest BCUT2D eigenvalue weighted by atomic mass is 10.2. The minimum atomic E-state index is -0.375. The SMILES string of the molecule is CCCCN(CC)C(=O)NC1CC(=O)N(c2cccc(F)c2)C1. The monoisotopic (exact) mass is 321 g/mol. The van der Waals surface area contributed by atoms with Crippen molar-refractivity contribution in [1.82, 2.24) is 10.2 Å². The van der Waals surface area contributed by atoms with Gasteiger partial charge in [0.15, 0.2) is 0 Å². The van der Waals surface area contributed by atoms with Gasteiger partial charge in [-0.05, 0) is 31.5 Å². The first-order valence-electron chi connectivity index (χ1n) is 8.16. The van der Waals surface area contributed by atoms with Gasteiger partial charge in [-0.15, -0.1) is 0 Å². The fourth-order valence-electron chi connectivity index (χ4n) is 2.72. The highest BCUT2D eigenvalue weighted by atomic mass is 19.1. The smallest absolute Gasteiger partial charge is 0.317 e. The number of hydrogen-bond acceptors (Lipinski definition) is 2. The lowest BCUT2D eigenvalue weighted by Gasteiger charge is -2.23. The Morgan fingerprint density at radius 3 is 2.87 bits per heavy atom. The minimum Gasteiger partial charge on any atom is -0.333 e. The standard InChI is InChI=1S/C17H24FN3O2/c1-3-5-9-20(4-2)17(23)19-14-11-16(22)21(12-14)15-8-6-7-13(18)10-15/h6-8,10,14H,3-5,9,11-12H2,1-2H3,(H,19,23). The summed E-state index contributed by atoms with van der Waals surface area (Å²) >= 11 is 0. The maximum absolute atomic E-state index is 13.3. The number of hydrogen-bond donors (Lipinski definition) is 1. The van der Waals surface area contributed by atoms with Crippen LogP contribution in [0.2, 0.25) is 0 Å². The third kappa shape index (κ3) is 4.43. The number of carbonyl (C=O) groups is 2. The maximum Gasteiger partial charge on any atom is 0.317 e. The molecule has 1 aromatic rings. The molecule has 23 heavy (non-hydrogen) atoms. The predicted molar refractivity (Wildman–Crippen MR) is 87.8 cm³/mol. The van der Waals surface area contributed by atoms with Gasteiger partial charge in [-0.25, -0.2) is 9.18 Å². The molecule has 1 aliphatic rings. The van der Waals surface area contributed by atoms with Crippen molar-refractivity contribution in [1.29, 1.82) is 0 Å². The van der Waals surface area contributed by atoms with Crippen LogP contribution in [0.25, 0.3) is 0 Å². The Morgan fingerprint density at radius 1 is 1.43 bits per heavy atom. The number of unbranched alkanes of at least 4 members (excludes halogenated alkanes) is 1. The van der Waals surface area contributed by atoms with Crippen LogP contribution >= 0.6 is 0 Å². The van der Waals surface area contributed by atoms with Crippen LogP contribution in [0, 0.1) is 5.82 Å². The number of amides is 3. The summed E-state index contributed by atoms with van der Waals surface area (Å²) in [5.41, 5.74) is 0.532. The highest BCUT2D eigenvalue weighted by Crippen LogP contribution is 2.22. The summed E-state index contributed by atoms with van der Waals surface area (Å²) < 4.78 is 13.3. The second-order valence-corrected chi connectivity index (χ2v) is 5.77. The van der Waals surface area contributed by atoms with Crippen LogP contribution in [-0.4, -0.2) is 42.5 Å². The van der Waals surface area contributed by atoms with E-state index in [2.05, 4.69) is 12.2 Å². The summed E-state index contributed by atoms with van der Waals surface area (Å²) in [5, 5.41) is 2.91. The van der Waals surface area contributed by atoms with Crippen molar-refractivity contribution in [3.8, 4) is 0 Å². The number of anilines is 1. The van der Waals surface area contributed by atoms with E-state index in [0.717, 1.165) is 12.8 Å². The van der Waals surface area contributed by atoms with Gasteiger partial charge in [-0.3, -0.25) is 4.79 Å². The molecule has 1 atom stereocenters. The Bertz CT molecular complexity index is 565. The van der Waals surface area contributed by atoms with Gasteiger partial charge in [0.25, 0.3) is 0 Å². The van der Waals surface area contributed by atoms with E-state index in [1.54, 1.807) is 17.0 Å². The van der Waals surface area contributed by atoms with Crippen LogP contribution < -0.4 is 10.2 Å². The molecule has 1 aliphatic heterocycles. The third-order valence-electron chi connectivity index (χ3n) is 4.02. The lowest BCUT2D eigenvalue weighted by Crippen LogP contribution is -2.46. The molecule has 0 spiro atoms. The summed E-state index contributed by atoms with van der Waals surface area (Å²) in [6.07, 6.45) is 2.23. The van der Waals surface area contributed by atoms with Crippen molar-refractivity contribution in [3.63, 3.8) is 0 Å². The number of nitrogens with zero attached hydrogens (tertiary/aromatic N) is 2.